The van der Waals surface area contributed by atoms with Gasteiger partial charge in [0.05, 0.1) is 10.4 Å². The normalized spacial score (nSPS) is 14.1. The molecule has 1 fully saturated rings. The molecule has 0 saturated carbocycles. The molecule has 10 heteroatoms. The first-order chi connectivity index (χ1) is 14.5. The fourth-order valence-electron chi connectivity index (χ4n) is 4.00. The molecule has 1 saturated heterocycles. The highest BCUT2D eigenvalue weighted by Gasteiger charge is 2.20. The zero-order chi connectivity index (χ0) is 20.7. The molecule has 170 valence electrons. The van der Waals surface area contributed by atoms with Gasteiger partial charge >= 0.3 is 0 Å². The number of hydrogen-bond acceptors (Lipinski definition) is 5. The van der Waals surface area contributed by atoms with Crippen molar-refractivity contribution < 1.29 is 13.9 Å². The predicted octanol–water partition coefficient (Wildman–Crippen LogP) is 3.56. The van der Waals surface area contributed by atoms with Crippen LogP contribution in [0.5, 0.6) is 0 Å². The largest absolute Gasteiger partial charge is 0.412 e. The van der Waals surface area contributed by atoms with Crippen LogP contribution in [-0.2, 0) is 10.0 Å². The quantitative estimate of drug-likeness (QED) is 0.484. The zero-order valence-electron chi connectivity index (χ0n) is 17.7. The first-order valence-corrected chi connectivity index (χ1v) is 11.6. The van der Waals surface area contributed by atoms with E-state index in [1.165, 1.54) is 10.4 Å². The van der Waals surface area contributed by atoms with Crippen molar-refractivity contribution in [1.82, 2.24) is 18.9 Å². The third-order valence-electron chi connectivity index (χ3n) is 5.52. The number of hydrogen-bond donors (Lipinski definition) is 1. The molecule has 3 N–H and O–H groups in total. The highest BCUT2D eigenvalue weighted by Crippen LogP contribution is 2.31. The molecule has 0 bridgehead atoms. The molecule has 4 aromatic rings. The number of benzene rings is 1. The van der Waals surface area contributed by atoms with Gasteiger partial charge in [-0.3, -0.25) is 0 Å². The summed E-state index contributed by atoms with van der Waals surface area (Å²) >= 11 is 0. The molecule has 5 rings (SSSR count). The van der Waals surface area contributed by atoms with Gasteiger partial charge in [-0.15, -0.1) is 12.4 Å². The summed E-state index contributed by atoms with van der Waals surface area (Å²) in [5, 5.41) is 0. The lowest BCUT2D eigenvalue weighted by atomic mass is 10.1. The van der Waals surface area contributed by atoms with Crippen LogP contribution in [0.1, 0.15) is 25.1 Å². The fraction of sp³-hybridized carbons (Fsp3) is 0.273. The summed E-state index contributed by atoms with van der Waals surface area (Å²) in [5.74, 6) is 1.66. The highest BCUT2D eigenvalue weighted by molar-refractivity contribution is 7.90. The predicted molar refractivity (Wildman–Crippen MR) is 128 cm³/mol. The molecular formula is C22H26ClN5O3S. The molecule has 0 amide bonds. The van der Waals surface area contributed by atoms with Gasteiger partial charge in [0.15, 0.2) is 5.82 Å². The summed E-state index contributed by atoms with van der Waals surface area (Å²) in [6, 6.07) is 12.2. The van der Waals surface area contributed by atoms with E-state index in [2.05, 4.69) is 14.9 Å². The molecule has 0 radical (unpaired) electrons. The number of rotatable bonds is 4. The van der Waals surface area contributed by atoms with Gasteiger partial charge in [-0.1, -0.05) is 18.2 Å². The third kappa shape index (κ3) is 4.23. The minimum atomic E-state index is -3.62. The Hall–Kier alpha value is -2.88. The Labute approximate surface area is 193 Å². The minimum Gasteiger partial charge on any atom is -0.412 e. The summed E-state index contributed by atoms with van der Waals surface area (Å²) in [5.41, 5.74) is 3.35. The Morgan fingerprint density at radius 1 is 1.00 bits per heavy atom. The molecule has 1 aromatic carbocycles. The third-order valence-corrected chi connectivity index (χ3v) is 7.17. The molecule has 0 aliphatic carbocycles. The first kappa shape index (κ1) is 23.8. The van der Waals surface area contributed by atoms with E-state index in [0.717, 1.165) is 59.9 Å². The van der Waals surface area contributed by atoms with Crippen molar-refractivity contribution in [2.24, 2.45) is 0 Å². The van der Waals surface area contributed by atoms with E-state index in [1.54, 1.807) is 48.8 Å². The summed E-state index contributed by atoms with van der Waals surface area (Å²) < 4.78 is 27.0. The number of piperidine rings is 1. The average Bonchev–Trinajstić information content (AvgIpc) is 3.42. The number of aromatic amines is 1. The number of nitrogens with one attached hydrogen (secondary N) is 1. The van der Waals surface area contributed by atoms with Crippen molar-refractivity contribution in [2.75, 3.05) is 18.0 Å². The standard InChI is InChI=1S/C22H23N5O2S.ClH.H2O/c1-16-23-20-14-19(25-21(20)22(24-16)26-11-6-3-7-12-26)17-10-13-27(15-17)30(28,29)18-8-4-2-5-9-18;;/h2,4-5,8-10,13-15,25H,3,6-7,11-12H2,1H3;1H;1H2. The molecule has 1 aliphatic rings. The van der Waals surface area contributed by atoms with Crippen molar-refractivity contribution in [3.8, 4) is 11.3 Å². The van der Waals surface area contributed by atoms with Gasteiger partial charge in [-0.05, 0) is 50.5 Å². The van der Waals surface area contributed by atoms with Gasteiger partial charge in [0, 0.05) is 36.7 Å². The van der Waals surface area contributed by atoms with Crippen LogP contribution in [-0.4, -0.2) is 45.9 Å². The second-order valence-corrected chi connectivity index (χ2v) is 9.48. The van der Waals surface area contributed by atoms with E-state index in [-0.39, 0.29) is 22.8 Å². The van der Waals surface area contributed by atoms with Crippen LogP contribution in [0.2, 0.25) is 0 Å². The van der Waals surface area contributed by atoms with Gasteiger partial charge in [-0.25, -0.2) is 22.4 Å². The van der Waals surface area contributed by atoms with Crippen LogP contribution < -0.4 is 4.90 Å². The lowest BCUT2D eigenvalue weighted by Gasteiger charge is -2.28. The Bertz CT molecular complexity index is 1310. The van der Waals surface area contributed by atoms with Crippen molar-refractivity contribution in [3.05, 3.63) is 60.7 Å². The Morgan fingerprint density at radius 3 is 2.44 bits per heavy atom. The summed E-state index contributed by atoms with van der Waals surface area (Å²) in [4.78, 5) is 15.3. The SMILES string of the molecule is Cc1nc(N2CCCCC2)c2[nH]c(-c3ccn(S(=O)(=O)c4ccccc4)c3)cc2n1.Cl.O. The van der Waals surface area contributed by atoms with Crippen molar-refractivity contribution in [1.29, 1.82) is 0 Å². The van der Waals surface area contributed by atoms with E-state index in [1.807, 2.05) is 13.0 Å². The summed E-state index contributed by atoms with van der Waals surface area (Å²) in [7, 11) is -3.62. The number of nitrogens with zero attached hydrogens (tertiary/aromatic N) is 4. The molecular weight excluding hydrogens is 450 g/mol. The van der Waals surface area contributed by atoms with Crippen molar-refractivity contribution >= 4 is 39.3 Å². The van der Waals surface area contributed by atoms with Crippen molar-refractivity contribution in [2.45, 2.75) is 31.1 Å². The molecule has 0 atom stereocenters. The van der Waals surface area contributed by atoms with Crippen LogP contribution in [0.25, 0.3) is 22.3 Å². The Balaban J connectivity index is 0.00000144. The maximum absolute atomic E-state index is 12.9. The van der Waals surface area contributed by atoms with Gasteiger partial charge in [0.1, 0.15) is 11.3 Å². The lowest BCUT2D eigenvalue weighted by molar-refractivity contribution is 0.574. The lowest BCUT2D eigenvalue weighted by Crippen LogP contribution is -2.30. The van der Waals surface area contributed by atoms with Crippen LogP contribution in [0, 0.1) is 6.92 Å². The second-order valence-electron chi connectivity index (χ2n) is 7.63. The second kappa shape index (κ2) is 9.32. The van der Waals surface area contributed by atoms with Gasteiger partial charge < -0.3 is 15.4 Å². The van der Waals surface area contributed by atoms with Crippen LogP contribution in [0.15, 0.2) is 59.8 Å². The number of fused-ring (bicyclic) bond motifs is 1. The van der Waals surface area contributed by atoms with E-state index >= 15 is 0 Å². The van der Waals surface area contributed by atoms with Crippen LogP contribution in [0.3, 0.4) is 0 Å². The molecule has 0 spiro atoms. The molecule has 8 nitrogen and oxygen atoms in total. The summed E-state index contributed by atoms with van der Waals surface area (Å²) in [6.07, 6.45) is 6.79. The highest BCUT2D eigenvalue weighted by atomic mass is 35.5. The Kier molecular flexibility index (Phi) is 6.92. The van der Waals surface area contributed by atoms with E-state index in [0.29, 0.717) is 0 Å². The average molecular weight is 476 g/mol. The minimum absolute atomic E-state index is 0. The zero-order valence-corrected chi connectivity index (χ0v) is 19.3. The van der Waals surface area contributed by atoms with Gasteiger partial charge in [-0.2, -0.15) is 0 Å². The molecule has 0 unspecified atom stereocenters. The molecule has 4 heterocycles. The number of halogens is 1. The number of aryl methyl sites for hydroxylation is 1. The topological polar surface area (TPSA) is 115 Å². The maximum atomic E-state index is 12.9. The molecule has 1 aliphatic heterocycles. The van der Waals surface area contributed by atoms with E-state index in [4.69, 9.17) is 4.98 Å². The van der Waals surface area contributed by atoms with E-state index in [9.17, 15) is 8.42 Å². The number of H-pyrrole nitrogens is 1. The smallest absolute Gasteiger partial charge is 0.267 e. The maximum Gasteiger partial charge on any atom is 0.267 e. The summed E-state index contributed by atoms with van der Waals surface area (Å²) in [6.45, 7) is 3.89. The Morgan fingerprint density at radius 2 is 1.72 bits per heavy atom. The van der Waals surface area contributed by atoms with Crippen molar-refractivity contribution in [3.63, 3.8) is 0 Å². The van der Waals surface area contributed by atoms with Crippen LogP contribution in [0.4, 0.5) is 5.82 Å². The van der Waals surface area contributed by atoms with Crippen LogP contribution >= 0.6 is 12.4 Å². The number of aromatic nitrogens is 4. The van der Waals surface area contributed by atoms with Gasteiger partial charge in [0.25, 0.3) is 10.0 Å². The fourth-order valence-corrected chi connectivity index (χ4v) is 5.22. The van der Waals surface area contributed by atoms with Gasteiger partial charge in [0.2, 0.25) is 0 Å². The monoisotopic (exact) mass is 475 g/mol. The molecule has 3 aromatic heterocycles. The molecule has 32 heavy (non-hydrogen) atoms. The first-order valence-electron chi connectivity index (χ1n) is 10.1. The van der Waals surface area contributed by atoms with E-state index < -0.39 is 10.0 Å². The number of anilines is 1.